The third-order valence-electron chi connectivity index (χ3n) is 2.72. The van der Waals surface area contributed by atoms with Crippen molar-refractivity contribution < 1.29 is 0 Å². The molecule has 1 rings (SSSR count). The quantitative estimate of drug-likeness (QED) is 0.584. The van der Waals surface area contributed by atoms with Gasteiger partial charge < -0.3 is 10.2 Å². The van der Waals surface area contributed by atoms with Crippen molar-refractivity contribution in [2.45, 2.75) is 39.3 Å². The molecule has 4 nitrogen and oxygen atoms in total. The van der Waals surface area contributed by atoms with Crippen molar-refractivity contribution in [2.75, 3.05) is 36.1 Å². The molecule has 19 heavy (non-hydrogen) atoms. The fourth-order valence-corrected chi connectivity index (χ4v) is 2.21. The van der Waals surface area contributed by atoms with Gasteiger partial charge in [-0.2, -0.15) is 0 Å². The van der Waals surface area contributed by atoms with Crippen LogP contribution in [0, 0.1) is 5.92 Å². The summed E-state index contributed by atoms with van der Waals surface area (Å²) in [6, 6.07) is 2.06. The van der Waals surface area contributed by atoms with Crippen LogP contribution in [0.1, 0.15) is 34.1 Å². The maximum absolute atomic E-state index is 4.62. The van der Waals surface area contributed by atoms with E-state index in [1.54, 1.807) is 11.8 Å². The Labute approximate surface area is 121 Å². The topological polar surface area (TPSA) is 41.0 Å². The lowest BCUT2D eigenvalue weighted by molar-refractivity contribution is 0.612. The van der Waals surface area contributed by atoms with E-state index in [0.29, 0.717) is 5.92 Å². The minimum Gasteiger partial charge on any atom is -0.370 e. The number of anilines is 2. The molecule has 0 amide bonds. The van der Waals surface area contributed by atoms with Crippen LogP contribution in [-0.2, 0) is 0 Å². The molecule has 0 aromatic carbocycles. The van der Waals surface area contributed by atoms with Gasteiger partial charge in [-0.1, -0.05) is 32.5 Å². The van der Waals surface area contributed by atoms with Crippen LogP contribution in [0.2, 0.25) is 0 Å². The van der Waals surface area contributed by atoms with Crippen LogP contribution in [0.4, 0.5) is 11.6 Å². The highest BCUT2D eigenvalue weighted by atomic mass is 32.2. The Balaban J connectivity index is 2.96. The molecule has 108 valence electrons. The summed E-state index contributed by atoms with van der Waals surface area (Å²) in [6.07, 6.45) is 3.11. The zero-order valence-corrected chi connectivity index (χ0v) is 13.5. The molecule has 0 atom stereocenters. The summed E-state index contributed by atoms with van der Waals surface area (Å²) in [5, 5.41) is 4.18. The SMILES string of the molecule is CCCNc1cc(N(CC)CC(C)C)nc(SC)n1. The average molecular weight is 282 g/mol. The highest BCUT2D eigenvalue weighted by molar-refractivity contribution is 7.98. The van der Waals surface area contributed by atoms with E-state index in [1.807, 2.05) is 6.26 Å². The number of hydrogen-bond acceptors (Lipinski definition) is 5. The first-order chi connectivity index (χ1) is 9.10. The van der Waals surface area contributed by atoms with Gasteiger partial charge in [0, 0.05) is 25.7 Å². The van der Waals surface area contributed by atoms with Crippen LogP contribution in [0.3, 0.4) is 0 Å². The molecule has 1 aromatic heterocycles. The summed E-state index contributed by atoms with van der Waals surface area (Å²) >= 11 is 1.59. The molecule has 0 saturated carbocycles. The molecule has 5 heteroatoms. The Kier molecular flexibility index (Phi) is 6.99. The number of nitrogens with one attached hydrogen (secondary N) is 1. The lowest BCUT2D eigenvalue weighted by Gasteiger charge is -2.24. The number of thioether (sulfide) groups is 1. The monoisotopic (exact) mass is 282 g/mol. The van der Waals surface area contributed by atoms with Gasteiger partial charge in [-0.3, -0.25) is 0 Å². The van der Waals surface area contributed by atoms with Crippen LogP contribution >= 0.6 is 11.8 Å². The Morgan fingerprint density at radius 2 is 2.05 bits per heavy atom. The molecule has 0 fully saturated rings. The number of hydrogen-bond donors (Lipinski definition) is 1. The van der Waals surface area contributed by atoms with E-state index in [1.165, 1.54) is 0 Å². The fraction of sp³-hybridized carbons (Fsp3) is 0.714. The number of rotatable bonds is 8. The van der Waals surface area contributed by atoms with Crippen molar-refractivity contribution in [1.82, 2.24) is 9.97 Å². The normalized spacial score (nSPS) is 10.8. The summed E-state index contributed by atoms with van der Waals surface area (Å²) < 4.78 is 0. The smallest absolute Gasteiger partial charge is 0.191 e. The molecule has 0 aliphatic carbocycles. The first-order valence-corrected chi connectivity index (χ1v) is 8.25. The highest BCUT2D eigenvalue weighted by Crippen LogP contribution is 2.21. The van der Waals surface area contributed by atoms with Gasteiger partial charge in [0.2, 0.25) is 0 Å². The van der Waals surface area contributed by atoms with Crippen molar-refractivity contribution in [3.63, 3.8) is 0 Å². The van der Waals surface area contributed by atoms with Crippen LogP contribution in [-0.4, -0.2) is 35.9 Å². The molecule has 1 N–H and O–H groups in total. The van der Waals surface area contributed by atoms with Crippen LogP contribution in [0.25, 0.3) is 0 Å². The Morgan fingerprint density at radius 1 is 1.32 bits per heavy atom. The Hall–Kier alpha value is -0.970. The van der Waals surface area contributed by atoms with Crippen LogP contribution < -0.4 is 10.2 Å². The predicted molar refractivity (Wildman–Crippen MR) is 85.3 cm³/mol. The third kappa shape index (κ3) is 5.27. The van der Waals surface area contributed by atoms with E-state index in [0.717, 1.165) is 42.8 Å². The van der Waals surface area contributed by atoms with Crippen molar-refractivity contribution >= 4 is 23.4 Å². The van der Waals surface area contributed by atoms with Gasteiger partial charge in [-0.05, 0) is 25.5 Å². The third-order valence-corrected chi connectivity index (χ3v) is 3.27. The second-order valence-electron chi connectivity index (χ2n) is 4.96. The van der Waals surface area contributed by atoms with E-state index in [9.17, 15) is 0 Å². The number of nitrogens with zero attached hydrogens (tertiary/aromatic N) is 3. The second kappa shape index (κ2) is 8.25. The van der Waals surface area contributed by atoms with Gasteiger partial charge >= 0.3 is 0 Å². The van der Waals surface area contributed by atoms with Crippen LogP contribution in [0.15, 0.2) is 11.2 Å². The standard InChI is InChI=1S/C14H26N4S/c1-6-8-15-12-9-13(17-14(16-12)19-5)18(7-2)10-11(3)4/h9,11H,6-8,10H2,1-5H3,(H,15,16,17). The van der Waals surface area contributed by atoms with Gasteiger partial charge in [-0.15, -0.1) is 0 Å². The minimum atomic E-state index is 0.625. The lowest BCUT2D eigenvalue weighted by Crippen LogP contribution is -2.28. The largest absolute Gasteiger partial charge is 0.370 e. The Bertz CT molecular complexity index is 382. The van der Waals surface area contributed by atoms with Crippen molar-refractivity contribution in [2.24, 2.45) is 5.92 Å². The highest BCUT2D eigenvalue weighted by Gasteiger charge is 2.11. The zero-order chi connectivity index (χ0) is 14.3. The van der Waals surface area contributed by atoms with Gasteiger partial charge in [0.1, 0.15) is 11.6 Å². The summed E-state index contributed by atoms with van der Waals surface area (Å²) in [4.78, 5) is 11.4. The Morgan fingerprint density at radius 3 is 2.58 bits per heavy atom. The molecular weight excluding hydrogens is 256 g/mol. The predicted octanol–water partition coefficient (Wildman–Crippen LogP) is 3.50. The molecule has 0 aliphatic heterocycles. The van der Waals surface area contributed by atoms with E-state index in [4.69, 9.17) is 0 Å². The molecule has 0 saturated heterocycles. The molecule has 0 aliphatic rings. The van der Waals surface area contributed by atoms with Gasteiger partial charge in [0.05, 0.1) is 0 Å². The molecule has 0 bridgehead atoms. The molecule has 1 aromatic rings. The molecule has 0 radical (unpaired) electrons. The summed E-state index contributed by atoms with van der Waals surface area (Å²) in [5.74, 6) is 2.58. The summed E-state index contributed by atoms with van der Waals surface area (Å²) in [6.45, 7) is 11.7. The van der Waals surface area contributed by atoms with E-state index in [2.05, 4.69) is 53.9 Å². The molecular formula is C14H26N4S. The van der Waals surface area contributed by atoms with E-state index >= 15 is 0 Å². The average Bonchev–Trinajstić information content (AvgIpc) is 2.41. The first-order valence-electron chi connectivity index (χ1n) is 7.02. The summed E-state index contributed by atoms with van der Waals surface area (Å²) in [5.41, 5.74) is 0. The maximum atomic E-state index is 4.62. The van der Waals surface area contributed by atoms with Crippen molar-refractivity contribution in [3.05, 3.63) is 6.07 Å². The van der Waals surface area contributed by atoms with E-state index < -0.39 is 0 Å². The maximum Gasteiger partial charge on any atom is 0.191 e. The lowest BCUT2D eigenvalue weighted by atomic mass is 10.2. The summed E-state index contributed by atoms with van der Waals surface area (Å²) in [7, 11) is 0. The van der Waals surface area contributed by atoms with Gasteiger partial charge in [-0.25, -0.2) is 9.97 Å². The molecule has 1 heterocycles. The zero-order valence-electron chi connectivity index (χ0n) is 12.7. The van der Waals surface area contributed by atoms with Gasteiger partial charge in [0.25, 0.3) is 0 Å². The van der Waals surface area contributed by atoms with E-state index in [-0.39, 0.29) is 0 Å². The van der Waals surface area contributed by atoms with Gasteiger partial charge in [0.15, 0.2) is 5.16 Å². The number of aromatic nitrogens is 2. The molecule has 0 unspecified atom stereocenters. The van der Waals surface area contributed by atoms with Crippen molar-refractivity contribution in [1.29, 1.82) is 0 Å². The molecule has 0 spiro atoms. The first kappa shape index (κ1) is 16.1. The van der Waals surface area contributed by atoms with Crippen molar-refractivity contribution in [3.8, 4) is 0 Å². The fourth-order valence-electron chi connectivity index (χ4n) is 1.84. The second-order valence-corrected chi connectivity index (χ2v) is 5.73. The van der Waals surface area contributed by atoms with Crippen LogP contribution in [0.5, 0.6) is 0 Å². The minimum absolute atomic E-state index is 0.625.